The maximum Gasteiger partial charge on any atom is 0.154 e. The molecule has 0 saturated heterocycles. The van der Waals surface area contributed by atoms with Crippen molar-refractivity contribution in [2.45, 2.75) is 27.3 Å². The zero-order valence-electron chi connectivity index (χ0n) is 10.4. The second-order valence-electron chi connectivity index (χ2n) is 4.19. The van der Waals surface area contributed by atoms with E-state index in [0.717, 1.165) is 28.2 Å². The van der Waals surface area contributed by atoms with Crippen LogP contribution in [0.1, 0.15) is 22.5 Å². The molecule has 18 heavy (non-hydrogen) atoms. The minimum atomic E-state index is 0.388. The molecular formula is C12H14Cl2N4. The van der Waals surface area contributed by atoms with E-state index >= 15 is 0 Å². The fraction of sp³-hybridized carbons (Fsp3) is 0.333. The quantitative estimate of drug-likeness (QED) is 0.846. The smallest absolute Gasteiger partial charge is 0.154 e. The Hall–Kier alpha value is -1.26. The van der Waals surface area contributed by atoms with Crippen LogP contribution in [0, 0.1) is 20.8 Å². The van der Waals surface area contributed by atoms with Crippen LogP contribution in [0.15, 0.2) is 6.07 Å². The van der Waals surface area contributed by atoms with Crippen molar-refractivity contribution >= 4 is 28.9 Å². The van der Waals surface area contributed by atoms with E-state index in [1.807, 2.05) is 20.8 Å². The van der Waals surface area contributed by atoms with Gasteiger partial charge in [0.2, 0.25) is 0 Å². The van der Waals surface area contributed by atoms with Gasteiger partial charge in [-0.25, -0.2) is 4.98 Å². The Kier molecular flexibility index (Phi) is 3.78. The van der Waals surface area contributed by atoms with Crippen LogP contribution in [-0.2, 0) is 6.54 Å². The zero-order chi connectivity index (χ0) is 13.3. The molecule has 0 aliphatic carbocycles. The topological polar surface area (TPSA) is 53.6 Å². The van der Waals surface area contributed by atoms with Gasteiger partial charge in [0.1, 0.15) is 5.15 Å². The summed E-state index contributed by atoms with van der Waals surface area (Å²) in [5.41, 5.74) is 4.95. The molecule has 0 unspecified atom stereocenters. The van der Waals surface area contributed by atoms with Crippen molar-refractivity contribution in [2.24, 2.45) is 0 Å². The van der Waals surface area contributed by atoms with Gasteiger partial charge >= 0.3 is 0 Å². The van der Waals surface area contributed by atoms with E-state index in [1.165, 1.54) is 0 Å². The SMILES string of the molecule is Cc1cc(Cl)nc(Cl)c1NCc1c(C)n[nH]c1C. The first-order chi connectivity index (χ1) is 8.49. The fourth-order valence-corrected chi connectivity index (χ4v) is 2.42. The van der Waals surface area contributed by atoms with Crippen LogP contribution in [0.3, 0.4) is 0 Å². The Balaban J connectivity index is 2.21. The molecule has 4 nitrogen and oxygen atoms in total. The van der Waals surface area contributed by atoms with Crippen molar-refractivity contribution < 1.29 is 0 Å². The summed E-state index contributed by atoms with van der Waals surface area (Å²) >= 11 is 11.9. The summed E-state index contributed by atoms with van der Waals surface area (Å²) in [4.78, 5) is 4.02. The van der Waals surface area contributed by atoms with Gasteiger partial charge < -0.3 is 5.32 Å². The third-order valence-electron chi connectivity index (χ3n) is 2.86. The second kappa shape index (κ2) is 5.16. The third-order valence-corrected chi connectivity index (χ3v) is 3.33. The number of halogens is 2. The first-order valence-corrected chi connectivity index (χ1v) is 6.31. The van der Waals surface area contributed by atoms with Gasteiger partial charge in [-0.15, -0.1) is 0 Å². The molecule has 0 aliphatic rings. The Morgan fingerprint density at radius 2 is 2.00 bits per heavy atom. The molecule has 2 aromatic rings. The van der Waals surface area contributed by atoms with Crippen molar-refractivity contribution in [1.29, 1.82) is 0 Å². The molecule has 0 radical (unpaired) electrons. The standard InChI is InChI=1S/C12H14Cl2N4/c1-6-4-10(13)16-12(14)11(6)15-5-9-7(2)17-18-8(9)3/h4,15H,5H2,1-3H3,(H,17,18). The number of nitrogens with one attached hydrogen (secondary N) is 2. The van der Waals surface area contributed by atoms with Crippen LogP contribution in [0.2, 0.25) is 10.3 Å². The van der Waals surface area contributed by atoms with Crippen LogP contribution in [0.25, 0.3) is 0 Å². The highest BCUT2D eigenvalue weighted by Gasteiger charge is 2.10. The molecule has 0 fully saturated rings. The molecule has 0 aromatic carbocycles. The number of pyridine rings is 1. The summed E-state index contributed by atoms with van der Waals surface area (Å²) in [5.74, 6) is 0. The van der Waals surface area contributed by atoms with Crippen LogP contribution in [0.4, 0.5) is 5.69 Å². The number of aromatic amines is 1. The number of aryl methyl sites for hydroxylation is 3. The largest absolute Gasteiger partial charge is 0.378 e. The van der Waals surface area contributed by atoms with Gasteiger partial charge in [-0.3, -0.25) is 5.10 Å². The van der Waals surface area contributed by atoms with Gasteiger partial charge in [0.25, 0.3) is 0 Å². The van der Waals surface area contributed by atoms with Crippen molar-refractivity contribution in [2.75, 3.05) is 5.32 Å². The summed E-state index contributed by atoms with van der Waals surface area (Å²) in [6.45, 7) is 6.55. The highest BCUT2D eigenvalue weighted by molar-refractivity contribution is 6.34. The lowest BCUT2D eigenvalue weighted by molar-refractivity contribution is 1.02. The van der Waals surface area contributed by atoms with Crippen LogP contribution >= 0.6 is 23.2 Å². The monoisotopic (exact) mass is 284 g/mol. The minimum absolute atomic E-state index is 0.388. The number of H-pyrrole nitrogens is 1. The molecule has 2 rings (SSSR count). The molecule has 6 heteroatoms. The van der Waals surface area contributed by atoms with Crippen LogP contribution in [-0.4, -0.2) is 15.2 Å². The van der Waals surface area contributed by atoms with E-state index in [2.05, 4.69) is 20.5 Å². The number of anilines is 1. The molecule has 0 spiro atoms. The van der Waals surface area contributed by atoms with E-state index in [0.29, 0.717) is 16.9 Å². The number of aromatic nitrogens is 3. The molecule has 0 bridgehead atoms. The molecule has 2 heterocycles. The van der Waals surface area contributed by atoms with Crippen molar-refractivity contribution in [3.63, 3.8) is 0 Å². The van der Waals surface area contributed by atoms with Crippen molar-refractivity contribution in [1.82, 2.24) is 15.2 Å². The van der Waals surface area contributed by atoms with Crippen LogP contribution in [0.5, 0.6) is 0 Å². The molecule has 0 atom stereocenters. The maximum atomic E-state index is 6.07. The van der Waals surface area contributed by atoms with Crippen LogP contribution < -0.4 is 5.32 Å². The zero-order valence-corrected chi connectivity index (χ0v) is 11.9. The normalized spacial score (nSPS) is 10.7. The Morgan fingerprint density at radius 3 is 2.56 bits per heavy atom. The first kappa shape index (κ1) is 13.2. The van der Waals surface area contributed by atoms with E-state index in [4.69, 9.17) is 23.2 Å². The second-order valence-corrected chi connectivity index (χ2v) is 4.94. The predicted octanol–water partition coefficient (Wildman–Crippen LogP) is 3.65. The lowest BCUT2D eigenvalue weighted by Gasteiger charge is -2.11. The number of nitrogens with zero attached hydrogens (tertiary/aromatic N) is 2. The highest BCUT2D eigenvalue weighted by atomic mass is 35.5. The molecule has 2 aromatic heterocycles. The maximum absolute atomic E-state index is 6.07. The number of rotatable bonds is 3. The fourth-order valence-electron chi connectivity index (χ4n) is 1.82. The van der Waals surface area contributed by atoms with Crippen molar-refractivity contribution in [3.8, 4) is 0 Å². The highest BCUT2D eigenvalue weighted by Crippen LogP contribution is 2.27. The molecular weight excluding hydrogens is 271 g/mol. The average Bonchev–Trinajstić information content (AvgIpc) is 2.58. The lowest BCUT2D eigenvalue weighted by atomic mass is 10.2. The van der Waals surface area contributed by atoms with Gasteiger partial charge in [0, 0.05) is 17.8 Å². The molecule has 96 valence electrons. The molecule has 0 saturated carbocycles. The number of hydrogen-bond acceptors (Lipinski definition) is 3. The van der Waals surface area contributed by atoms with E-state index in [1.54, 1.807) is 6.07 Å². The van der Waals surface area contributed by atoms with Gasteiger partial charge in [-0.1, -0.05) is 23.2 Å². The summed E-state index contributed by atoms with van der Waals surface area (Å²) in [5, 5.41) is 11.2. The predicted molar refractivity (Wildman–Crippen MR) is 74.4 cm³/mol. The summed E-state index contributed by atoms with van der Waals surface area (Å²) in [6, 6.07) is 1.78. The minimum Gasteiger partial charge on any atom is -0.378 e. The summed E-state index contributed by atoms with van der Waals surface area (Å²) in [7, 11) is 0. The average molecular weight is 285 g/mol. The molecule has 0 aliphatic heterocycles. The van der Waals surface area contributed by atoms with E-state index in [9.17, 15) is 0 Å². The lowest BCUT2D eigenvalue weighted by Crippen LogP contribution is -2.04. The van der Waals surface area contributed by atoms with E-state index < -0.39 is 0 Å². The van der Waals surface area contributed by atoms with E-state index in [-0.39, 0.29) is 0 Å². The molecule has 2 N–H and O–H groups in total. The van der Waals surface area contributed by atoms with Gasteiger partial charge in [0.05, 0.1) is 11.4 Å². The molecule has 0 amide bonds. The number of hydrogen-bond donors (Lipinski definition) is 2. The Labute approximate surface area is 116 Å². The van der Waals surface area contributed by atoms with Gasteiger partial charge in [0.15, 0.2) is 5.15 Å². The summed E-state index contributed by atoms with van der Waals surface area (Å²) < 4.78 is 0. The third kappa shape index (κ3) is 2.60. The van der Waals surface area contributed by atoms with Gasteiger partial charge in [-0.2, -0.15) is 5.10 Å². The Bertz CT molecular complexity index is 535. The first-order valence-electron chi connectivity index (χ1n) is 5.56. The summed E-state index contributed by atoms with van der Waals surface area (Å²) in [6.07, 6.45) is 0. The van der Waals surface area contributed by atoms with Crippen molar-refractivity contribution in [3.05, 3.63) is 38.9 Å². The Morgan fingerprint density at radius 1 is 1.28 bits per heavy atom. The van der Waals surface area contributed by atoms with Gasteiger partial charge in [-0.05, 0) is 32.4 Å².